The molecule has 3 heterocycles. The minimum Gasteiger partial charge on any atom is -0.366 e. The van der Waals surface area contributed by atoms with Gasteiger partial charge in [0.25, 0.3) is 0 Å². The average Bonchev–Trinajstić information content (AvgIpc) is 2.86. The van der Waals surface area contributed by atoms with Gasteiger partial charge in [0.2, 0.25) is 11.8 Å². The fraction of sp³-hybridized carbons (Fsp3) is 0.920. The molecule has 9 heteroatoms. The zero-order chi connectivity index (χ0) is 23.5. The standard InChI is InChI=1S/C25H44N6O3/c1-15-4-5-16(24(33)28-18-6-7-20-22(12-18)34-14-23(32)29-20)11-21(15)31-25-27-10-8-19(30-25)17-3-2-9-26-13-17/h15-22,25-27,30-31H,2-14H2,1H3,(H,28,33)(H,29,32). The van der Waals surface area contributed by atoms with E-state index in [0.717, 1.165) is 58.2 Å². The lowest BCUT2D eigenvalue weighted by Crippen LogP contribution is -2.66. The summed E-state index contributed by atoms with van der Waals surface area (Å²) in [4.78, 5) is 24.8. The van der Waals surface area contributed by atoms with Gasteiger partial charge in [0.1, 0.15) is 12.9 Å². The summed E-state index contributed by atoms with van der Waals surface area (Å²) in [6, 6.07) is 1.11. The number of carbonyl (C=O) groups excluding carboxylic acids is 2. The lowest BCUT2D eigenvalue weighted by molar-refractivity contribution is -0.140. The van der Waals surface area contributed by atoms with Crippen molar-refractivity contribution in [3.05, 3.63) is 0 Å². The van der Waals surface area contributed by atoms with E-state index in [2.05, 4.69) is 38.8 Å². The zero-order valence-electron chi connectivity index (χ0n) is 20.6. The maximum absolute atomic E-state index is 13.2. The van der Waals surface area contributed by atoms with E-state index < -0.39 is 0 Å². The van der Waals surface area contributed by atoms with Gasteiger partial charge < -0.3 is 20.7 Å². The van der Waals surface area contributed by atoms with Crippen LogP contribution >= 0.6 is 0 Å². The number of piperidine rings is 1. The van der Waals surface area contributed by atoms with Gasteiger partial charge in [-0.3, -0.25) is 25.5 Å². The van der Waals surface area contributed by atoms with E-state index >= 15 is 0 Å². The molecule has 5 rings (SSSR count). The third-order valence-electron chi connectivity index (χ3n) is 8.95. The van der Waals surface area contributed by atoms with Gasteiger partial charge in [-0.2, -0.15) is 0 Å². The summed E-state index contributed by atoms with van der Waals surface area (Å²) in [5, 5.41) is 21.2. The highest BCUT2D eigenvalue weighted by atomic mass is 16.5. The number of amides is 2. The van der Waals surface area contributed by atoms with E-state index in [9.17, 15) is 9.59 Å². The molecule has 6 N–H and O–H groups in total. The molecule has 5 fully saturated rings. The Bertz CT molecular complexity index is 717. The monoisotopic (exact) mass is 476 g/mol. The molecule has 0 spiro atoms. The first-order chi connectivity index (χ1) is 16.5. The number of morpholine rings is 1. The summed E-state index contributed by atoms with van der Waals surface area (Å²) in [5.74, 6) is 1.48. The smallest absolute Gasteiger partial charge is 0.246 e. The van der Waals surface area contributed by atoms with Gasteiger partial charge in [-0.05, 0) is 89.3 Å². The van der Waals surface area contributed by atoms with Crippen LogP contribution in [0.15, 0.2) is 0 Å². The number of carbonyl (C=O) groups is 2. The summed E-state index contributed by atoms with van der Waals surface area (Å²) in [6.07, 6.45) is 9.35. The van der Waals surface area contributed by atoms with Crippen LogP contribution in [0.5, 0.6) is 0 Å². The molecule has 9 atom stereocenters. The number of rotatable bonds is 5. The Labute approximate surface area is 203 Å². The number of fused-ring (bicyclic) bond motifs is 1. The highest BCUT2D eigenvalue weighted by molar-refractivity contribution is 5.79. The second kappa shape index (κ2) is 11.2. The fourth-order valence-corrected chi connectivity index (χ4v) is 6.81. The second-order valence-corrected chi connectivity index (χ2v) is 11.4. The van der Waals surface area contributed by atoms with E-state index in [4.69, 9.17) is 4.74 Å². The minimum absolute atomic E-state index is 0.0216. The first-order valence-corrected chi connectivity index (χ1v) is 13.7. The Hall–Kier alpha value is -1.26. The maximum atomic E-state index is 13.2. The van der Waals surface area contributed by atoms with Crippen LogP contribution in [0.25, 0.3) is 0 Å². The van der Waals surface area contributed by atoms with Crippen LogP contribution in [0.2, 0.25) is 0 Å². The van der Waals surface area contributed by atoms with Gasteiger partial charge in [-0.1, -0.05) is 6.92 Å². The SMILES string of the molecule is CC1CCC(C(=O)NC2CCC3NC(=O)COC3C2)CC1NC1NCCC(C2CCCNC2)N1. The van der Waals surface area contributed by atoms with Crippen LogP contribution in [-0.4, -0.2) is 74.6 Å². The van der Waals surface area contributed by atoms with Crippen LogP contribution in [0.4, 0.5) is 0 Å². The fourth-order valence-electron chi connectivity index (χ4n) is 6.81. The Morgan fingerprint density at radius 2 is 1.94 bits per heavy atom. The van der Waals surface area contributed by atoms with Gasteiger partial charge in [0.15, 0.2) is 0 Å². The van der Waals surface area contributed by atoms with E-state index in [-0.39, 0.29) is 48.8 Å². The first kappa shape index (κ1) is 24.4. The predicted molar refractivity (Wildman–Crippen MR) is 130 cm³/mol. The Morgan fingerprint density at radius 1 is 1.03 bits per heavy atom. The number of ether oxygens (including phenoxy) is 1. The van der Waals surface area contributed by atoms with Crippen molar-refractivity contribution in [3.63, 3.8) is 0 Å². The molecule has 3 saturated heterocycles. The Morgan fingerprint density at radius 3 is 2.79 bits per heavy atom. The van der Waals surface area contributed by atoms with Crippen molar-refractivity contribution in [1.82, 2.24) is 31.9 Å². The van der Waals surface area contributed by atoms with Gasteiger partial charge in [0.05, 0.1) is 12.1 Å². The van der Waals surface area contributed by atoms with Crippen molar-refractivity contribution in [1.29, 1.82) is 0 Å². The molecule has 0 aromatic rings. The van der Waals surface area contributed by atoms with E-state index in [1.54, 1.807) is 0 Å². The number of hydrogen-bond donors (Lipinski definition) is 6. The topological polar surface area (TPSA) is 116 Å². The van der Waals surface area contributed by atoms with Crippen LogP contribution in [0.3, 0.4) is 0 Å². The predicted octanol–water partition coefficient (Wildman–Crippen LogP) is 0.168. The summed E-state index contributed by atoms with van der Waals surface area (Å²) in [6.45, 7) is 5.75. The van der Waals surface area contributed by atoms with Crippen molar-refractivity contribution in [2.75, 3.05) is 26.2 Å². The van der Waals surface area contributed by atoms with Crippen molar-refractivity contribution in [3.8, 4) is 0 Å². The van der Waals surface area contributed by atoms with Crippen LogP contribution in [0, 0.1) is 17.8 Å². The Kier molecular flexibility index (Phi) is 8.05. The van der Waals surface area contributed by atoms with Crippen molar-refractivity contribution < 1.29 is 14.3 Å². The molecule has 3 aliphatic heterocycles. The average molecular weight is 477 g/mol. The number of nitrogens with one attached hydrogen (secondary N) is 6. The molecule has 192 valence electrons. The minimum atomic E-state index is -0.0257. The van der Waals surface area contributed by atoms with Gasteiger partial charge in [-0.15, -0.1) is 0 Å². The third kappa shape index (κ3) is 5.93. The largest absolute Gasteiger partial charge is 0.366 e. The number of hydrogen-bond acceptors (Lipinski definition) is 7. The molecule has 2 aliphatic carbocycles. The van der Waals surface area contributed by atoms with E-state index in [1.165, 1.54) is 19.3 Å². The first-order valence-electron chi connectivity index (χ1n) is 13.7. The van der Waals surface area contributed by atoms with E-state index in [1.807, 2.05) is 0 Å². The molecular weight excluding hydrogens is 432 g/mol. The van der Waals surface area contributed by atoms with Gasteiger partial charge >= 0.3 is 0 Å². The summed E-state index contributed by atoms with van der Waals surface area (Å²) in [5.41, 5.74) is 0. The quantitative estimate of drug-likeness (QED) is 0.335. The van der Waals surface area contributed by atoms with Crippen LogP contribution < -0.4 is 31.9 Å². The summed E-state index contributed by atoms with van der Waals surface area (Å²) >= 11 is 0. The maximum Gasteiger partial charge on any atom is 0.246 e. The highest BCUT2D eigenvalue weighted by Gasteiger charge is 2.39. The molecule has 9 unspecified atom stereocenters. The molecule has 0 aromatic carbocycles. The summed E-state index contributed by atoms with van der Waals surface area (Å²) < 4.78 is 5.73. The Balaban J connectivity index is 1.10. The van der Waals surface area contributed by atoms with Gasteiger partial charge in [0, 0.05) is 24.0 Å². The van der Waals surface area contributed by atoms with Crippen LogP contribution in [0.1, 0.15) is 64.7 Å². The molecule has 0 bridgehead atoms. The highest BCUT2D eigenvalue weighted by Crippen LogP contribution is 2.31. The third-order valence-corrected chi connectivity index (χ3v) is 8.95. The lowest BCUT2D eigenvalue weighted by Gasteiger charge is -2.43. The molecule has 0 radical (unpaired) electrons. The van der Waals surface area contributed by atoms with E-state index in [0.29, 0.717) is 23.9 Å². The van der Waals surface area contributed by atoms with Crippen LogP contribution in [-0.2, 0) is 14.3 Å². The lowest BCUT2D eigenvalue weighted by atomic mass is 9.78. The molecule has 2 amide bonds. The summed E-state index contributed by atoms with van der Waals surface area (Å²) in [7, 11) is 0. The van der Waals surface area contributed by atoms with Crippen molar-refractivity contribution in [2.45, 2.75) is 101 Å². The van der Waals surface area contributed by atoms with Gasteiger partial charge in [-0.25, -0.2) is 0 Å². The van der Waals surface area contributed by atoms with Crippen molar-refractivity contribution >= 4 is 11.8 Å². The zero-order valence-corrected chi connectivity index (χ0v) is 20.6. The molecule has 2 saturated carbocycles. The van der Waals surface area contributed by atoms with Crippen molar-refractivity contribution in [2.24, 2.45) is 17.8 Å². The molecule has 9 nitrogen and oxygen atoms in total. The molecular formula is C25H44N6O3. The normalized spacial score (nSPS) is 43.4. The molecule has 34 heavy (non-hydrogen) atoms. The second-order valence-electron chi connectivity index (χ2n) is 11.4. The molecule has 0 aromatic heterocycles. The molecule has 5 aliphatic rings.